The number of pyridine rings is 2. The molecule has 2 aliphatic rings. The SMILES string of the molecule is CC(C)(C)c1ccnc(-n2c3ccccc3c3ccc(Oc4cccc(-c5cccc6c5CC5(Cc7ccccc7C5)C6)n4)cc32)c1. The van der Waals surface area contributed by atoms with Crippen LogP contribution in [0.2, 0.25) is 0 Å². The van der Waals surface area contributed by atoms with E-state index in [0.717, 1.165) is 54.0 Å². The Hall–Kier alpha value is -5.22. The van der Waals surface area contributed by atoms with Crippen molar-refractivity contribution in [3.63, 3.8) is 0 Å². The lowest BCUT2D eigenvalue weighted by Gasteiger charge is -2.22. The van der Waals surface area contributed by atoms with E-state index in [-0.39, 0.29) is 10.8 Å². The fourth-order valence-electron chi connectivity index (χ4n) is 8.12. The van der Waals surface area contributed by atoms with Gasteiger partial charge in [-0.2, -0.15) is 0 Å². The van der Waals surface area contributed by atoms with Crippen LogP contribution in [0.5, 0.6) is 11.6 Å². The summed E-state index contributed by atoms with van der Waals surface area (Å²) >= 11 is 0. The molecule has 3 aromatic heterocycles. The quantitative estimate of drug-likeness (QED) is 0.199. The highest BCUT2D eigenvalue weighted by atomic mass is 16.5. The molecule has 1 spiro atoms. The first-order valence-electron chi connectivity index (χ1n) is 16.7. The Bertz CT molecular complexity index is 2320. The second kappa shape index (κ2) is 10.4. The van der Waals surface area contributed by atoms with Crippen molar-refractivity contribution >= 4 is 21.8 Å². The van der Waals surface area contributed by atoms with Gasteiger partial charge >= 0.3 is 0 Å². The average Bonchev–Trinajstić information content (AvgIpc) is 3.73. The summed E-state index contributed by atoms with van der Waals surface area (Å²) < 4.78 is 8.77. The third-order valence-corrected chi connectivity index (χ3v) is 10.3. The van der Waals surface area contributed by atoms with Gasteiger partial charge < -0.3 is 4.74 Å². The van der Waals surface area contributed by atoms with E-state index < -0.39 is 0 Å². The lowest BCUT2D eigenvalue weighted by Crippen LogP contribution is -2.21. The Kier molecular flexibility index (Phi) is 6.20. The Morgan fingerprint density at radius 1 is 0.660 bits per heavy atom. The van der Waals surface area contributed by atoms with E-state index >= 15 is 0 Å². The molecule has 0 N–H and O–H groups in total. The Morgan fingerprint density at radius 3 is 2.21 bits per heavy atom. The molecule has 0 bridgehead atoms. The minimum absolute atomic E-state index is 0.0168. The summed E-state index contributed by atoms with van der Waals surface area (Å²) in [6.07, 6.45) is 6.44. The number of ether oxygens (including phenoxy) is 1. The molecule has 0 fully saturated rings. The number of fused-ring (bicyclic) bond motifs is 5. The van der Waals surface area contributed by atoms with Crippen LogP contribution in [0, 0.1) is 5.41 Å². The number of benzene rings is 4. The summed E-state index contributed by atoms with van der Waals surface area (Å²) in [4.78, 5) is 9.90. The van der Waals surface area contributed by atoms with Gasteiger partial charge in [-0.3, -0.25) is 4.57 Å². The molecule has 3 heterocycles. The molecular formula is C43H37N3O. The van der Waals surface area contributed by atoms with Gasteiger partial charge in [-0.05, 0) is 101 Å². The Labute approximate surface area is 275 Å². The van der Waals surface area contributed by atoms with Gasteiger partial charge in [0.15, 0.2) is 0 Å². The smallest absolute Gasteiger partial charge is 0.219 e. The highest BCUT2D eigenvalue weighted by Gasteiger charge is 2.42. The van der Waals surface area contributed by atoms with E-state index in [1.807, 2.05) is 18.3 Å². The second-order valence-corrected chi connectivity index (χ2v) is 14.6. The minimum atomic E-state index is 0.0168. The number of hydrogen-bond donors (Lipinski definition) is 0. The maximum absolute atomic E-state index is 6.52. The number of hydrogen-bond acceptors (Lipinski definition) is 3. The van der Waals surface area contributed by atoms with Gasteiger partial charge in [0, 0.05) is 34.7 Å². The van der Waals surface area contributed by atoms with E-state index in [2.05, 4.69) is 128 Å². The summed E-state index contributed by atoms with van der Waals surface area (Å²) in [5.74, 6) is 2.25. The molecule has 0 saturated heterocycles. The van der Waals surface area contributed by atoms with Crippen LogP contribution in [-0.2, 0) is 31.1 Å². The molecule has 4 nitrogen and oxygen atoms in total. The third kappa shape index (κ3) is 4.74. The number of rotatable bonds is 4. The zero-order chi connectivity index (χ0) is 31.8. The molecule has 0 amide bonds. The molecule has 0 aliphatic heterocycles. The Morgan fingerprint density at radius 2 is 1.38 bits per heavy atom. The van der Waals surface area contributed by atoms with Gasteiger partial charge in [0.2, 0.25) is 5.88 Å². The number of aromatic nitrogens is 3. The second-order valence-electron chi connectivity index (χ2n) is 14.6. The first-order valence-corrected chi connectivity index (χ1v) is 16.7. The summed E-state index contributed by atoms with van der Waals surface area (Å²) in [6, 6.07) is 41.0. The highest BCUT2D eigenvalue weighted by molar-refractivity contribution is 6.09. The number of para-hydroxylation sites is 1. The maximum atomic E-state index is 6.52. The van der Waals surface area contributed by atoms with Gasteiger partial charge in [-0.15, -0.1) is 0 Å². The predicted octanol–water partition coefficient (Wildman–Crippen LogP) is 10.2. The summed E-state index contributed by atoms with van der Waals surface area (Å²) in [5.41, 5.74) is 11.9. The van der Waals surface area contributed by atoms with Crippen LogP contribution in [0.15, 0.2) is 121 Å². The molecule has 7 aromatic rings. The largest absolute Gasteiger partial charge is 0.439 e. The van der Waals surface area contributed by atoms with E-state index in [4.69, 9.17) is 14.7 Å². The molecule has 0 unspecified atom stereocenters. The number of nitrogens with zero attached hydrogens (tertiary/aromatic N) is 3. The maximum Gasteiger partial charge on any atom is 0.219 e. The molecule has 2 aliphatic carbocycles. The molecule has 47 heavy (non-hydrogen) atoms. The monoisotopic (exact) mass is 611 g/mol. The standard InChI is InChI=1S/C43H37N3O/c1-42(2,3)31-20-21-44-40(22-31)46-38-16-7-6-13-34(38)35-19-18-32(23-39(35)46)47-41-17-9-15-37(45-41)33-14-8-12-30-26-43(27-36(30)33)24-28-10-4-5-11-29(28)25-43/h4-23H,24-27H2,1-3H3. The zero-order valence-electron chi connectivity index (χ0n) is 27.1. The average molecular weight is 612 g/mol. The first kappa shape index (κ1) is 28.0. The molecule has 4 aromatic carbocycles. The molecule has 4 heteroatoms. The lowest BCUT2D eigenvalue weighted by molar-refractivity contribution is 0.327. The molecule has 0 radical (unpaired) electrons. The highest BCUT2D eigenvalue weighted by Crippen LogP contribution is 2.49. The molecule has 9 rings (SSSR count). The van der Waals surface area contributed by atoms with Gasteiger partial charge in [0.05, 0.1) is 16.7 Å². The van der Waals surface area contributed by atoms with Crippen LogP contribution in [0.4, 0.5) is 0 Å². The molecule has 0 atom stereocenters. The van der Waals surface area contributed by atoms with E-state index in [9.17, 15) is 0 Å². The van der Waals surface area contributed by atoms with Crippen molar-refractivity contribution in [2.75, 3.05) is 0 Å². The zero-order valence-corrected chi connectivity index (χ0v) is 27.1. The van der Waals surface area contributed by atoms with Gasteiger partial charge in [-0.25, -0.2) is 9.97 Å². The van der Waals surface area contributed by atoms with Crippen molar-refractivity contribution in [1.82, 2.24) is 14.5 Å². The Balaban J connectivity index is 1.07. The minimum Gasteiger partial charge on any atom is -0.439 e. The lowest BCUT2D eigenvalue weighted by atomic mass is 9.81. The predicted molar refractivity (Wildman–Crippen MR) is 191 cm³/mol. The molecular weight excluding hydrogens is 574 g/mol. The van der Waals surface area contributed by atoms with E-state index in [1.165, 1.54) is 44.2 Å². The van der Waals surface area contributed by atoms with Crippen molar-refractivity contribution in [2.45, 2.75) is 51.9 Å². The molecule has 0 saturated carbocycles. The van der Waals surface area contributed by atoms with Crippen LogP contribution in [-0.4, -0.2) is 14.5 Å². The van der Waals surface area contributed by atoms with Gasteiger partial charge in [0.1, 0.15) is 11.6 Å². The topological polar surface area (TPSA) is 39.9 Å². The summed E-state index contributed by atoms with van der Waals surface area (Å²) in [7, 11) is 0. The van der Waals surface area contributed by atoms with Crippen LogP contribution < -0.4 is 4.74 Å². The van der Waals surface area contributed by atoms with E-state index in [0.29, 0.717) is 5.88 Å². The fraction of sp³-hybridized carbons (Fsp3) is 0.209. The van der Waals surface area contributed by atoms with Crippen LogP contribution in [0.1, 0.15) is 48.6 Å². The van der Waals surface area contributed by atoms with Crippen molar-refractivity contribution in [1.29, 1.82) is 0 Å². The van der Waals surface area contributed by atoms with Crippen molar-refractivity contribution in [3.05, 3.63) is 149 Å². The summed E-state index contributed by atoms with van der Waals surface area (Å²) in [6.45, 7) is 6.71. The van der Waals surface area contributed by atoms with Crippen LogP contribution in [0.3, 0.4) is 0 Å². The van der Waals surface area contributed by atoms with Crippen molar-refractivity contribution in [2.24, 2.45) is 5.41 Å². The van der Waals surface area contributed by atoms with Crippen molar-refractivity contribution in [3.8, 4) is 28.7 Å². The van der Waals surface area contributed by atoms with Crippen LogP contribution in [0.25, 0.3) is 38.9 Å². The summed E-state index contributed by atoms with van der Waals surface area (Å²) in [5, 5.41) is 2.36. The van der Waals surface area contributed by atoms with Crippen LogP contribution >= 0.6 is 0 Å². The molecule has 230 valence electrons. The first-order chi connectivity index (χ1) is 22.8. The normalized spacial score (nSPS) is 15.0. The van der Waals surface area contributed by atoms with E-state index in [1.54, 1.807) is 0 Å². The van der Waals surface area contributed by atoms with Crippen molar-refractivity contribution < 1.29 is 4.74 Å². The van der Waals surface area contributed by atoms with Gasteiger partial charge in [0.25, 0.3) is 0 Å². The third-order valence-electron chi connectivity index (χ3n) is 10.3. The fourth-order valence-corrected chi connectivity index (χ4v) is 8.12. The van der Waals surface area contributed by atoms with Gasteiger partial charge in [-0.1, -0.05) is 87.5 Å².